The number of hydrogen-bond donors (Lipinski definition) is 1. The molecule has 0 radical (unpaired) electrons. The number of fused-ring (bicyclic) bond motifs is 4. The predicted octanol–water partition coefficient (Wildman–Crippen LogP) is 2.75. The van der Waals surface area contributed by atoms with Gasteiger partial charge in [0.2, 0.25) is 5.91 Å². The summed E-state index contributed by atoms with van der Waals surface area (Å²) in [6.45, 7) is 1.41. The lowest BCUT2D eigenvalue weighted by atomic mass is 9.61. The second kappa shape index (κ2) is 6.00. The quantitative estimate of drug-likeness (QED) is 0.791. The normalized spacial score (nSPS) is 24.9. The molecule has 1 aliphatic carbocycles. The number of carbonyl (C=O) groups is 1. The predicted molar refractivity (Wildman–Crippen MR) is 97.4 cm³/mol. The summed E-state index contributed by atoms with van der Waals surface area (Å²) in [4.78, 5) is 19.0. The molecule has 2 aromatic rings. The van der Waals surface area contributed by atoms with Gasteiger partial charge < -0.3 is 15.0 Å². The van der Waals surface area contributed by atoms with Crippen LogP contribution in [-0.2, 0) is 14.9 Å². The van der Waals surface area contributed by atoms with Gasteiger partial charge in [-0.05, 0) is 34.8 Å². The van der Waals surface area contributed by atoms with Crippen LogP contribution in [0.4, 0.5) is 10.1 Å². The van der Waals surface area contributed by atoms with Gasteiger partial charge in [0.05, 0.1) is 33.9 Å². The number of hydrogen-bond acceptors (Lipinski definition) is 4. The number of carbonyl (C=O) groups excluding carboxylic acids is 1. The van der Waals surface area contributed by atoms with E-state index < -0.39 is 5.41 Å². The molecule has 5 nitrogen and oxygen atoms in total. The molecule has 1 aliphatic heterocycles. The number of nitrogens with one attached hydrogen (secondary N) is 1. The summed E-state index contributed by atoms with van der Waals surface area (Å²) >= 11 is 3.26. The van der Waals surface area contributed by atoms with Crippen LogP contribution in [0.1, 0.15) is 18.4 Å². The molecule has 1 aromatic heterocycles. The number of amides is 1. The molecule has 1 aromatic carbocycles. The van der Waals surface area contributed by atoms with Crippen LogP contribution >= 0.6 is 15.9 Å². The Morgan fingerprint density at radius 2 is 2.24 bits per heavy atom. The highest BCUT2D eigenvalue weighted by atomic mass is 79.9. The van der Waals surface area contributed by atoms with E-state index >= 15 is 0 Å². The molecule has 2 heterocycles. The molecular formula is C18H19BrFN3O2. The Hall–Kier alpha value is -1.57. The van der Waals surface area contributed by atoms with Crippen molar-refractivity contribution in [2.24, 2.45) is 0 Å². The van der Waals surface area contributed by atoms with E-state index in [4.69, 9.17) is 4.74 Å². The zero-order valence-corrected chi connectivity index (χ0v) is 15.7. The molecule has 25 heavy (non-hydrogen) atoms. The Kier molecular flexibility index (Phi) is 4.05. The van der Waals surface area contributed by atoms with Gasteiger partial charge in [0.25, 0.3) is 0 Å². The number of aromatic nitrogens is 1. The maximum absolute atomic E-state index is 13.9. The summed E-state index contributed by atoms with van der Waals surface area (Å²) in [7, 11) is 3.46. The van der Waals surface area contributed by atoms with E-state index in [2.05, 4.69) is 26.2 Å². The number of nitrogens with zero attached hydrogens (tertiary/aromatic N) is 2. The van der Waals surface area contributed by atoms with E-state index in [9.17, 15) is 9.18 Å². The molecule has 1 amide bonds. The highest BCUT2D eigenvalue weighted by Gasteiger charge is 2.58. The Bertz CT molecular complexity index is 867. The SMILES string of the molecule is COCCNC1CC2(C1)C(=O)N(C)c1cnc3cc(F)c(Br)cc3c12. The fraction of sp³-hybridized carbons (Fsp3) is 0.444. The van der Waals surface area contributed by atoms with Crippen molar-refractivity contribution in [3.8, 4) is 0 Å². The minimum absolute atomic E-state index is 0.0991. The summed E-state index contributed by atoms with van der Waals surface area (Å²) in [6.07, 6.45) is 3.16. The lowest BCUT2D eigenvalue weighted by Gasteiger charge is -2.44. The average Bonchev–Trinajstić information content (AvgIpc) is 2.78. The largest absolute Gasteiger partial charge is 0.383 e. The number of pyridine rings is 1. The number of likely N-dealkylation sites (N-methyl/N-ethyl adjacent to an activating group) is 1. The molecule has 132 valence electrons. The van der Waals surface area contributed by atoms with Crippen molar-refractivity contribution in [2.45, 2.75) is 24.3 Å². The maximum Gasteiger partial charge on any atom is 0.237 e. The summed E-state index contributed by atoms with van der Waals surface area (Å²) in [5, 5.41) is 4.27. The smallest absolute Gasteiger partial charge is 0.237 e. The third-order valence-electron chi connectivity index (χ3n) is 5.37. The number of rotatable bonds is 4. The maximum atomic E-state index is 13.9. The topological polar surface area (TPSA) is 54.5 Å². The van der Waals surface area contributed by atoms with E-state index in [0.717, 1.165) is 36.0 Å². The van der Waals surface area contributed by atoms with E-state index in [1.54, 1.807) is 31.3 Å². The first-order valence-electron chi connectivity index (χ1n) is 8.26. The number of halogens is 2. The Labute approximate surface area is 153 Å². The molecule has 4 rings (SSSR count). The van der Waals surface area contributed by atoms with Gasteiger partial charge in [-0.1, -0.05) is 0 Å². The zero-order valence-electron chi connectivity index (χ0n) is 14.1. The molecule has 1 fully saturated rings. The highest BCUT2D eigenvalue weighted by molar-refractivity contribution is 9.10. The minimum Gasteiger partial charge on any atom is -0.383 e. The molecule has 0 bridgehead atoms. The van der Waals surface area contributed by atoms with Crippen molar-refractivity contribution in [1.82, 2.24) is 10.3 Å². The van der Waals surface area contributed by atoms with Crippen LogP contribution in [0.5, 0.6) is 0 Å². The highest BCUT2D eigenvalue weighted by Crippen LogP contribution is 2.55. The van der Waals surface area contributed by atoms with Gasteiger partial charge in [0.1, 0.15) is 5.82 Å². The fourth-order valence-corrected chi connectivity index (χ4v) is 4.48. The van der Waals surface area contributed by atoms with Gasteiger partial charge in [0, 0.05) is 43.8 Å². The van der Waals surface area contributed by atoms with Crippen molar-refractivity contribution in [1.29, 1.82) is 0 Å². The monoisotopic (exact) mass is 407 g/mol. The average molecular weight is 408 g/mol. The van der Waals surface area contributed by atoms with Gasteiger partial charge in [-0.3, -0.25) is 9.78 Å². The van der Waals surface area contributed by atoms with Crippen LogP contribution < -0.4 is 10.2 Å². The molecule has 0 atom stereocenters. The van der Waals surface area contributed by atoms with Crippen LogP contribution in [0.3, 0.4) is 0 Å². The molecule has 7 heteroatoms. The van der Waals surface area contributed by atoms with Crippen molar-refractivity contribution >= 4 is 38.4 Å². The van der Waals surface area contributed by atoms with Crippen LogP contribution in [-0.4, -0.2) is 44.2 Å². The molecule has 1 saturated carbocycles. The summed E-state index contributed by atoms with van der Waals surface area (Å²) < 4.78 is 19.3. The minimum atomic E-state index is -0.534. The molecule has 1 spiro atoms. The van der Waals surface area contributed by atoms with Crippen molar-refractivity contribution < 1.29 is 13.9 Å². The Morgan fingerprint density at radius 3 is 2.96 bits per heavy atom. The molecule has 2 aliphatic rings. The van der Waals surface area contributed by atoms with Gasteiger partial charge in [-0.2, -0.15) is 0 Å². The second-order valence-electron chi connectivity index (χ2n) is 6.80. The van der Waals surface area contributed by atoms with Crippen LogP contribution in [0.15, 0.2) is 22.8 Å². The molecular weight excluding hydrogens is 389 g/mol. The van der Waals surface area contributed by atoms with E-state index in [0.29, 0.717) is 16.6 Å². The van der Waals surface area contributed by atoms with Crippen LogP contribution in [0.2, 0.25) is 0 Å². The third-order valence-corrected chi connectivity index (χ3v) is 5.98. The fourth-order valence-electron chi connectivity index (χ4n) is 4.14. The van der Waals surface area contributed by atoms with Crippen molar-refractivity contribution in [3.05, 3.63) is 34.2 Å². The van der Waals surface area contributed by atoms with Crippen molar-refractivity contribution in [3.63, 3.8) is 0 Å². The number of ether oxygens (including phenoxy) is 1. The van der Waals surface area contributed by atoms with E-state index in [-0.39, 0.29) is 17.8 Å². The summed E-state index contributed by atoms with van der Waals surface area (Å²) in [6, 6.07) is 3.45. The van der Waals surface area contributed by atoms with Crippen LogP contribution in [0, 0.1) is 5.82 Å². The standard InChI is InChI=1S/C18H19BrFN3O2/c1-23-15-9-22-14-6-13(20)12(19)5-11(14)16(15)18(17(23)24)7-10(8-18)21-3-4-25-2/h5-6,9-10,21H,3-4,7-8H2,1-2H3. The van der Waals surface area contributed by atoms with Crippen LogP contribution in [0.25, 0.3) is 10.9 Å². The van der Waals surface area contributed by atoms with E-state index in [1.165, 1.54) is 6.07 Å². The third kappa shape index (κ3) is 2.40. The lowest BCUT2D eigenvalue weighted by Crippen LogP contribution is -2.56. The summed E-state index contributed by atoms with van der Waals surface area (Å²) in [5.74, 6) is -0.249. The molecule has 1 N–H and O–H groups in total. The van der Waals surface area contributed by atoms with Gasteiger partial charge in [-0.25, -0.2) is 4.39 Å². The summed E-state index contributed by atoms with van der Waals surface area (Å²) in [5.41, 5.74) is 1.85. The first-order valence-corrected chi connectivity index (χ1v) is 9.06. The first-order chi connectivity index (χ1) is 12.0. The zero-order chi connectivity index (χ0) is 17.8. The van der Waals surface area contributed by atoms with Gasteiger partial charge in [0.15, 0.2) is 0 Å². The molecule has 0 saturated heterocycles. The molecule has 0 unspecified atom stereocenters. The Balaban J connectivity index is 1.76. The van der Waals surface area contributed by atoms with Gasteiger partial charge in [-0.15, -0.1) is 0 Å². The number of benzene rings is 1. The lowest BCUT2D eigenvalue weighted by molar-refractivity contribution is -0.126. The number of anilines is 1. The van der Waals surface area contributed by atoms with E-state index in [1.807, 2.05) is 0 Å². The first kappa shape index (κ1) is 16.9. The van der Waals surface area contributed by atoms with Crippen molar-refractivity contribution in [2.75, 3.05) is 32.2 Å². The number of methoxy groups -OCH3 is 1. The second-order valence-corrected chi connectivity index (χ2v) is 7.65. The van der Waals surface area contributed by atoms with Gasteiger partial charge >= 0.3 is 0 Å². The Morgan fingerprint density at radius 1 is 1.48 bits per heavy atom.